The Morgan fingerprint density at radius 3 is 2.69 bits per heavy atom. The summed E-state index contributed by atoms with van der Waals surface area (Å²) in [5, 5.41) is 12.2. The molecule has 1 aromatic carbocycles. The first-order chi connectivity index (χ1) is 14.1. The quantitative estimate of drug-likeness (QED) is 0.492. The molecule has 0 spiro atoms. The highest BCUT2D eigenvalue weighted by Gasteiger charge is 2.24. The topological polar surface area (TPSA) is 81.5 Å². The van der Waals surface area contributed by atoms with Gasteiger partial charge in [-0.2, -0.15) is 0 Å². The Kier molecular flexibility index (Phi) is 7.91. The normalized spacial score (nSPS) is 15.3. The molecule has 158 valence electrons. The highest BCUT2D eigenvalue weighted by molar-refractivity contribution is 8.00. The van der Waals surface area contributed by atoms with Crippen LogP contribution in [-0.4, -0.2) is 72.5 Å². The van der Waals surface area contributed by atoms with Crippen molar-refractivity contribution in [3.63, 3.8) is 0 Å². The lowest BCUT2D eigenvalue weighted by atomic mass is 10.2. The second kappa shape index (κ2) is 10.6. The molecule has 3 rings (SSSR count). The molecule has 2 aromatic rings. The van der Waals surface area contributed by atoms with Crippen molar-refractivity contribution in [2.75, 3.05) is 51.5 Å². The molecule has 0 bridgehead atoms. The predicted molar refractivity (Wildman–Crippen MR) is 114 cm³/mol. The molecule has 1 aliphatic heterocycles. The SMILES string of the molecule is COCCCNC(=O)C(C)Sc1nnc(N2CCOCC2)n1-c1ccc(C)cc1. The van der Waals surface area contributed by atoms with E-state index in [0.717, 1.165) is 31.1 Å². The summed E-state index contributed by atoms with van der Waals surface area (Å²) >= 11 is 1.41. The summed E-state index contributed by atoms with van der Waals surface area (Å²) in [6, 6.07) is 8.25. The van der Waals surface area contributed by atoms with E-state index in [2.05, 4.69) is 51.6 Å². The highest BCUT2D eigenvalue weighted by atomic mass is 32.2. The number of aromatic nitrogens is 3. The minimum atomic E-state index is -0.288. The smallest absolute Gasteiger partial charge is 0.233 e. The van der Waals surface area contributed by atoms with Crippen molar-refractivity contribution in [2.24, 2.45) is 0 Å². The van der Waals surface area contributed by atoms with E-state index >= 15 is 0 Å². The number of nitrogens with zero attached hydrogens (tertiary/aromatic N) is 4. The standard InChI is InChI=1S/C20H29N5O3S/c1-15-5-7-17(8-6-15)25-19(24-10-13-28-14-11-24)22-23-20(25)29-16(2)18(26)21-9-4-12-27-3/h5-8,16H,4,9-14H2,1-3H3,(H,21,26). The monoisotopic (exact) mass is 419 g/mol. The number of aryl methyl sites for hydroxylation is 1. The molecule has 1 aliphatic rings. The van der Waals surface area contributed by atoms with Crippen LogP contribution in [0.25, 0.3) is 5.69 Å². The van der Waals surface area contributed by atoms with Gasteiger partial charge in [-0.15, -0.1) is 10.2 Å². The zero-order valence-electron chi connectivity index (χ0n) is 17.3. The number of nitrogens with one attached hydrogen (secondary N) is 1. The summed E-state index contributed by atoms with van der Waals surface area (Å²) in [4.78, 5) is 14.6. The van der Waals surface area contributed by atoms with Crippen LogP contribution < -0.4 is 10.2 Å². The van der Waals surface area contributed by atoms with Crippen LogP contribution >= 0.6 is 11.8 Å². The molecule has 1 amide bonds. The van der Waals surface area contributed by atoms with Gasteiger partial charge < -0.3 is 19.7 Å². The van der Waals surface area contributed by atoms with E-state index < -0.39 is 0 Å². The molecular weight excluding hydrogens is 390 g/mol. The number of amides is 1. The second-order valence-corrected chi connectivity index (χ2v) is 8.26. The fourth-order valence-corrected chi connectivity index (χ4v) is 3.90. The van der Waals surface area contributed by atoms with Crippen molar-refractivity contribution < 1.29 is 14.3 Å². The number of carbonyl (C=O) groups excluding carboxylic acids is 1. The number of ether oxygens (including phenoxy) is 2. The Balaban J connectivity index is 1.79. The lowest BCUT2D eigenvalue weighted by molar-refractivity contribution is -0.120. The number of hydrogen-bond acceptors (Lipinski definition) is 7. The van der Waals surface area contributed by atoms with E-state index in [-0.39, 0.29) is 11.2 Å². The van der Waals surface area contributed by atoms with E-state index in [9.17, 15) is 4.79 Å². The minimum Gasteiger partial charge on any atom is -0.385 e. The fraction of sp³-hybridized carbons (Fsp3) is 0.550. The number of morpholine rings is 1. The van der Waals surface area contributed by atoms with Crippen molar-refractivity contribution in [1.82, 2.24) is 20.1 Å². The van der Waals surface area contributed by atoms with Crippen LogP contribution in [0.15, 0.2) is 29.4 Å². The van der Waals surface area contributed by atoms with Gasteiger partial charge in [-0.05, 0) is 32.4 Å². The number of carbonyl (C=O) groups is 1. The molecule has 29 heavy (non-hydrogen) atoms. The highest BCUT2D eigenvalue weighted by Crippen LogP contribution is 2.29. The molecule has 8 nitrogen and oxygen atoms in total. The van der Waals surface area contributed by atoms with Gasteiger partial charge in [-0.3, -0.25) is 9.36 Å². The molecule has 1 unspecified atom stereocenters. The van der Waals surface area contributed by atoms with Crippen LogP contribution in [0.3, 0.4) is 0 Å². The number of thioether (sulfide) groups is 1. The summed E-state index contributed by atoms with van der Waals surface area (Å²) < 4.78 is 12.5. The molecule has 1 fully saturated rings. The van der Waals surface area contributed by atoms with Crippen molar-refractivity contribution in [3.05, 3.63) is 29.8 Å². The predicted octanol–water partition coefficient (Wildman–Crippen LogP) is 2.05. The maximum atomic E-state index is 12.5. The van der Waals surface area contributed by atoms with E-state index in [1.165, 1.54) is 17.3 Å². The molecule has 2 heterocycles. The summed E-state index contributed by atoms with van der Waals surface area (Å²) in [7, 11) is 1.66. The molecule has 9 heteroatoms. The van der Waals surface area contributed by atoms with Crippen molar-refractivity contribution in [3.8, 4) is 5.69 Å². The third-order valence-electron chi connectivity index (χ3n) is 4.68. The Labute approximate surface area is 176 Å². The first-order valence-electron chi connectivity index (χ1n) is 9.88. The van der Waals surface area contributed by atoms with Gasteiger partial charge in [-0.1, -0.05) is 29.5 Å². The fourth-order valence-electron chi connectivity index (χ4n) is 3.01. The van der Waals surface area contributed by atoms with Gasteiger partial charge in [0.25, 0.3) is 0 Å². The van der Waals surface area contributed by atoms with E-state index in [0.29, 0.717) is 31.5 Å². The van der Waals surface area contributed by atoms with Crippen molar-refractivity contribution in [2.45, 2.75) is 30.7 Å². The lowest BCUT2D eigenvalue weighted by Gasteiger charge is -2.28. The molecule has 0 saturated carbocycles. The Hall–Kier alpha value is -2.10. The Morgan fingerprint density at radius 1 is 1.28 bits per heavy atom. The van der Waals surface area contributed by atoms with Crippen LogP contribution in [0.5, 0.6) is 0 Å². The number of rotatable bonds is 9. The first kappa shape index (κ1) is 21.6. The molecule has 1 atom stereocenters. The van der Waals surface area contributed by atoms with E-state index in [1.54, 1.807) is 7.11 Å². The van der Waals surface area contributed by atoms with Gasteiger partial charge in [0.2, 0.25) is 11.9 Å². The Bertz CT molecular complexity index is 790. The number of methoxy groups -OCH3 is 1. The number of benzene rings is 1. The van der Waals surface area contributed by atoms with Gasteiger partial charge >= 0.3 is 0 Å². The van der Waals surface area contributed by atoms with Crippen molar-refractivity contribution >= 4 is 23.6 Å². The maximum absolute atomic E-state index is 12.5. The molecule has 1 saturated heterocycles. The van der Waals surface area contributed by atoms with Crippen LogP contribution in [0.2, 0.25) is 0 Å². The van der Waals surface area contributed by atoms with E-state index in [4.69, 9.17) is 9.47 Å². The van der Waals surface area contributed by atoms with Crippen molar-refractivity contribution in [1.29, 1.82) is 0 Å². The average molecular weight is 420 g/mol. The number of anilines is 1. The van der Waals surface area contributed by atoms with Gasteiger partial charge in [0.1, 0.15) is 0 Å². The summed E-state index contributed by atoms with van der Waals surface area (Å²) in [5.41, 5.74) is 2.17. The molecular formula is C20H29N5O3S. The van der Waals surface area contributed by atoms with Gasteiger partial charge in [0.05, 0.1) is 24.2 Å². The minimum absolute atomic E-state index is 0.0162. The number of hydrogen-bond donors (Lipinski definition) is 1. The molecule has 0 aliphatic carbocycles. The van der Waals surface area contributed by atoms with Crippen LogP contribution in [0.1, 0.15) is 18.9 Å². The zero-order chi connectivity index (χ0) is 20.6. The zero-order valence-corrected chi connectivity index (χ0v) is 18.1. The van der Waals surface area contributed by atoms with Crippen LogP contribution in [0.4, 0.5) is 5.95 Å². The third kappa shape index (κ3) is 5.71. The van der Waals surface area contributed by atoms with Gasteiger partial charge in [-0.25, -0.2) is 0 Å². The largest absolute Gasteiger partial charge is 0.385 e. The summed E-state index contributed by atoms with van der Waals surface area (Å²) in [5.74, 6) is 0.768. The van der Waals surface area contributed by atoms with Crippen LogP contribution in [-0.2, 0) is 14.3 Å². The second-order valence-electron chi connectivity index (χ2n) is 6.95. The first-order valence-corrected chi connectivity index (χ1v) is 10.8. The Morgan fingerprint density at radius 2 is 2.00 bits per heavy atom. The summed E-state index contributed by atoms with van der Waals surface area (Å²) in [6.07, 6.45) is 0.792. The molecule has 1 aromatic heterocycles. The molecule has 0 radical (unpaired) electrons. The van der Waals surface area contributed by atoms with E-state index in [1.807, 2.05) is 11.5 Å². The van der Waals surface area contributed by atoms with Crippen LogP contribution in [0, 0.1) is 6.92 Å². The average Bonchev–Trinajstić information content (AvgIpc) is 3.15. The maximum Gasteiger partial charge on any atom is 0.233 e. The van der Waals surface area contributed by atoms with Gasteiger partial charge in [0, 0.05) is 33.4 Å². The summed E-state index contributed by atoms with van der Waals surface area (Å²) in [6.45, 7) is 8.05. The lowest BCUT2D eigenvalue weighted by Crippen LogP contribution is -2.38. The third-order valence-corrected chi connectivity index (χ3v) is 5.72. The van der Waals surface area contributed by atoms with Gasteiger partial charge in [0.15, 0.2) is 5.16 Å². The molecule has 1 N–H and O–H groups in total.